The van der Waals surface area contributed by atoms with Crippen LogP contribution in [-0.4, -0.2) is 17.4 Å². The van der Waals surface area contributed by atoms with Gasteiger partial charge in [-0.3, -0.25) is 9.59 Å². The van der Waals surface area contributed by atoms with Crippen LogP contribution in [0, 0.1) is 5.41 Å². The summed E-state index contributed by atoms with van der Waals surface area (Å²) in [7, 11) is 0. The lowest BCUT2D eigenvalue weighted by atomic mass is 9.72. The number of allylic oxidation sites excluding steroid dienone is 1. The summed E-state index contributed by atoms with van der Waals surface area (Å²) >= 11 is 0. The van der Waals surface area contributed by atoms with Gasteiger partial charge in [-0.05, 0) is 37.8 Å². The number of Topliss-reactive ketones (excluding diaryl/α,β-unsaturated/α-hetero) is 1. The van der Waals surface area contributed by atoms with Crippen LogP contribution in [-0.2, 0) is 20.7 Å². The monoisotopic (exact) mass is 328 g/mol. The third kappa shape index (κ3) is 3.31. The van der Waals surface area contributed by atoms with Crippen LogP contribution in [0.3, 0.4) is 0 Å². The first kappa shape index (κ1) is 18.4. The maximum atomic E-state index is 12.6. The van der Waals surface area contributed by atoms with Crippen molar-refractivity contribution in [1.29, 1.82) is 0 Å². The molecule has 1 aromatic rings. The summed E-state index contributed by atoms with van der Waals surface area (Å²) in [6.07, 6.45) is 4.27. The van der Waals surface area contributed by atoms with Crippen LogP contribution in [0.4, 0.5) is 0 Å². The van der Waals surface area contributed by atoms with E-state index in [1.165, 1.54) is 11.1 Å². The molecule has 24 heavy (non-hydrogen) atoms. The molecule has 1 heterocycles. The zero-order chi connectivity index (χ0) is 18.0. The molecule has 0 spiro atoms. The second-order valence-corrected chi connectivity index (χ2v) is 7.04. The molecule has 3 rings (SSSR count). The summed E-state index contributed by atoms with van der Waals surface area (Å²) in [6, 6.07) is 8.21. The van der Waals surface area contributed by atoms with E-state index >= 15 is 0 Å². The molecule has 1 fully saturated rings. The summed E-state index contributed by atoms with van der Waals surface area (Å²) < 4.78 is 5.49. The molecule has 1 aliphatic heterocycles. The molecule has 3 nitrogen and oxygen atoms in total. The van der Waals surface area contributed by atoms with Crippen LogP contribution < -0.4 is 0 Å². The highest BCUT2D eigenvalue weighted by atomic mass is 16.6. The molecule has 1 unspecified atom stereocenters. The van der Waals surface area contributed by atoms with Gasteiger partial charge in [-0.15, -0.1) is 0 Å². The van der Waals surface area contributed by atoms with E-state index in [0.717, 1.165) is 12.0 Å². The second-order valence-electron chi connectivity index (χ2n) is 7.04. The van der Waals surface area contributed by atoms with Gasteiger partial charge in [0.25, 0.3) is 0 Å². The largest absolute Gasteiger partial charge is 0.459 e. The number of esters is 1. The molecule has 3 heteroatoms. The number of ether oxygens (including phenoxy) is 1. The zero-order valence-corrected chi connectivity index (χ0v) is 15.4. The Morgan fingerprint density at radius 1 is 1.21 bits per heavy atom. The van der Waals surface area contributed by atoms with Crippen molar-refractivity contribution in [2.45, 2.75) is 65.9 Å². The van der Waals surface area contributed by atoms with E-state index < -0.39 is 11.0 Å². The summed E-state index contributed by atoms with van der Waals surface area (Å²) in [4.78, 5) is 25.1. The van der Waals surface area contributed by atoms with Crippen molar-refractivity contribution >= 4 is 17.8 Å². The van der Waals surface area contributed by atoms with Crippen LogP contribution in [0.15, 0.2) is 29.8 Å². The average molecular weight is 328 g/mol. The van der Waals surface area contributed by atoms with E-state index in [9.17, 15) is 9.59 Å². The summed E-state index contributed by atoms with van der Waals surface area (Å²) in [5.74, 6) is -0.346. The van der Waals surface area contributed by atoms with Gasteiger partial charge in [0.2, 0.25) is 0 Å². The van der Waals surface area contributed by atoms with E-state index in [0.29, 0.717) is 19.3 Å². The smallest absolute Gasteiger partial charge is 0.320 e. The molecule has 130 valence electrons. The summed E-state index contributed by atoms with van der Waals surface area (Å²) in [6.45, 7) is 9.58. The Labute approximate surface area is 145 Å². The fourth-order valence-corrected chi connectivity index (χ4v) is 3.82. The number of ketones is 1. The van der Waals surface area contributed by atoms with Crippen molar-refractivity contribution < 1.29 is 14.3 Å². The number of carbonyl (C=O) groups excluding carboxylic acids is 2. The lowest BCUT2D eigenvalue weighted by Crippen LogP contribution is -2.36. The van der Waals surface area contributed by atoms with Crippen molar-refractivity contribution in [3.8, 4) is 0 Å². The molecule has 0 aromatic heterocycles. The molecule has 1 atom stereocenters. The predicted octanol–water partition coefficient (Wildman–Crippen LogP) is 4.73. The first-order valence-corrected chi connectivity index (χ1v) is 8.90. The van der Waals surface area contributed by atoms with Crippen molar-refractivity contribution in [2.24, 2.45) is 5.41 Å². The van der Waals surface area contributed by atoms with E-state index in [4.69, 9.17) is 4.74 Å². The Bertz CT molecular complexity index is 669. The van der Waals surface area contributed by atoms with Crippen LogP contribution in [0.2, 0.25) is 0 Å². The van der Waals surface area contributed by atoms with Crippen LogP contribution in [0.5, 0.6) is 0 Å². The molecule has 0 radical (unpaired) electrons. The van der Waals surface area contributed by atoms with Gasteiger partial charge < -0.3 is 4.74 Å². The molecular formula is C21H28O3. The molecule has 0 amide bonds. The summed E-state index contributed by atoms with van der Waals surface area (Å²) in [5, 5.41) is 0. The maximum Gasteiger partial charge on any atom is 0.320 e. The lowest BCUT2D eigenvalue weighted by molar-refractivity contribution is -0.155. The standard InChI is InChI=1S/C19H22O3.C2H6/c1-4-16(20)19(12-18(2,3)22-17(19)21)11-13-9-14-7-5-6-8-15(14)10-13;1-2/h5-9H,4,10-12H2,1-3H3;1-2H3. The number of fused-ring (bicyclic) bond motifs is 1. The second kappa shape index (κ2) is 6.92. The minimum absolute atomic E-state index is 0.0000638. The van der Waals surface area contributed by atoms with Gasteiger partial charge in [0, 0.05) is 12.8 Å². The predicted molar refractivity (Wildman–Crippen MR) is 96.6 cm³/mol. The quantitative estimate of drug-likeness (QED) is 0.592. The van der Waals surface area contributed by atoms with Gasteiger partial charge >= 0.3 is 5.97 Å². The van der Waals surface area contributed by atoms with Gasteiger partial charge in [-0.2, -0.15) is 0 Å². The topological polar surface area (TPSA) is 43.4 Å². The third-order valence-electron chi connectivity index (χ3n) is 4.70. The Morgan fingerprint density at radius 3 is 2.42 bits per heavy atom. The number of cyclic esters (lactones) is 1. The van der Waals surface area contributed by atoms with E-state index in [1.54, 1.807) is 0 Å². The normalized spacial score (nSPS) is 23.7. The highest BCUT2D eigenvalue weighted by Gasteiger charge is 2.56. The van der Waals surface area contributed by atoms with Crippen LogP contribution >= 0.6 is 0 Å². The Morgan fingerprint density at radius 2 is 1.88 bits per heavy atom. The average Bonchev–Trinajstić information content (AvgIpc) is 3.06. The van der Waals surface area contributed by atoms with Crippen molar-refractivity contribution in [3.63, 3.8) is 0 Å². The van der Waals surface area contributed by atoms with Crippen LogP contribution in [0.1, 0.15) is 65.0 Å². The number of hydrogen-bond donors (Lipinski definition) is 0. The Hall–Kier alpha value is -1.90. The summed E-state index contributed by atoms with van der Waals surface area (Å²) in [5.41, 5.74) is 2.06. The molecule has 0 N–H and O–H groups in total. The number of benzene rings is 1. The first-order chi connectivity index (χ1) is 11.4. The van der Waals surface area contributed by atoms with Gasteiger partial charge in [0.1, 0.15) is 16.8 Å². The van der Waals surface area contributed by atoms with Gasteiger partial charge in [0.05, 0.1) is 0 Å². The number of rotatable bonds is 4. The first-order valence-electron chi connectivity index (χ1n) is 8.90. The highest BCUT2D eigenvalue weighted by Crippen LogP contribution is 2.47. The minimum atomic E-state index is -0.994. The Kier molecular flexibility index (Phi) is 5.32. The SMILES string of the molecule is CC.CCC(=O)C1(CC2=Cc3ccccc3C2)CC(C)(C)OC1=O. The zero-order valence-electron chi connectivity index (χ0n) is 15.4. The minimum Gasteiger partial charge on any atom is -0.459 e. The molecular weight excluding hydrogens is 300 g/mol. The fraction of sp³-hybridized carbons (Fsp3) is 0.524. The lowest BCUT2D eigenvalue weighted by Gasteiger charge is -2.24. The molecule has 1 aromatic carbocycles. The molecule has 1 aliphatic carbocycles. The van der Waals surface area contributed by atoms with Crippen molar-refractivity contribution in [1.82, 2.24) is 0 Å². The van der Waals surface area contributed by atoms with E-state index in [1.807, 2.05) is 46.8 Å². The molecule has 2 aliphatic rings. The molecule has 0 saturated carbocycles. The Balaban J connectivity index is 0.00000100. The third-order valence-corrected chi connectivity index (χ3v) is 4.70. The number of carbonyl (C=O) groups is 2. The van der Waals surface area contributed by atoms with Gasteiger partial charge in [-0.1, -0.05) is 56.7 Å². The van der Waals surface area contributed by atoms with Crippen molar-refractivity contribution in [2.75, 3.05) is 0 Å². The van der Waals surface area contributed by atoms with Crippen LogP contribution in [0.25, 0.3) is 6.08 Å². The van der Waals surface area contributed by atoms with E-state index in [-0.39, 0.29) is 11.8 Å². The highest BCUT2D eigenvalue weighted by molar-refractivity contribution is 6.05. The van der Waals surface area contributed by atoms with Gasteiger partial charge in [-0.25, -0.2) is 0 Å². The van der Waals surface area contributed by atoms with Crippen molar-refractivity contribution in [3.05, 3.63) is 41.0 Å². The van der Waals surface area contributed by atoms with E-state index in [2.05, 4.69) is 18.2 Å². The fourth-order valence-electron chi connectivity index (χ4n) is 3.82. The number of hydrogen-bond acceptors (Lipinski definition) is 3. The molecule has 0 bridgehead atoms. The molecule has 1 saturated heterocycles. The maximum absolute atomic E-state index is 12.6. The van der Waals surface area contributed by atoms with Gasteiger partial charge in [0.15, 0.2) is 0 Å².